The van der Waals surface area contributed by atoms with Gasteiger partial charge in [0, 0.05) is 30.0 Å². The fraction of sp³-hybridized carbons (Fsp3) is 0.556. The zero-order chi connectivity index (χ0) is 17.0. The van der Waals surface area contributed by atoms with Gasteiger partial charge in [0.1, 0.15) is 0 Å². The van der Waals surface area contributed by atoms with Crippen LogP contribution in [0.4, 0.5) is 0 Å². The zero-order valence-electron chi connectivity index (χ0n) is 14.7. The quantitative estimate of drug-likeness (QED) is 0.824. The monoisotopic (exact) mass is 316 g/mol. The highest BCUT2D eigenvalue weighted by Gasteiger charge is 2.27. The fourth-order valence-electron chi connectivity index (χ4n) is 2.64. The Balaban J connectivity index is 2.09. The molecule has 3 atom stereocenters. The van der Waals surface area contributed by atoms with Crippen molar-refractivity contribution in [3.8, 4) is 5.82 Å². The highest BCUT2D eigenvalue weighted by Crippen LogP contribution is 2.22. The third-order valence-corrected chi connectivity index (χ3v) is 4.82. The minimum Gasteiger partial charge on any atom is -0.389 e. The third kappa shape index (κ3) is 3.98. The Morgan fingerprint density at radius 2 is 2.09 bits per heavy atom. The summed E-state index contributed by atoms with van der Waals surface area (Å²) in [5, 5.41) is 18.4. The van der Waals surface area contributed by atoms with E-state index in [1.54, 1.807) is 6.20 Å². The number of hydrogen-bond acceptors (Lipinski definition) is 4. The SMILES string of the molecule is CCC(C)C(C)(O)CNC(C)c1cnn(-c2ccccn2)c1C. The van der Waals surface area contributed by atoms with Crippen LogP contribution in [0.3, 0.4) is 0 Å². The molecule has 0 spiro atoms. The molecule has 5 nitrogen and oxygen atoms in total. The topological polar surface area (TPSA) is 63.0 Å². The van der Waals surface area contributed by atoms with E-state index < -0.39 is 5.60 Å². The molecule has 0 aliphatic rings. The molecular weight excluding hydrogens is 288 g/mol. The molecule has 126 valence electrons. The van der Waals surface area contributed by atoms with Crippen molar-refractivity contribution >= 4 is 0 Å². The van der Waals surface area contributed by atoms with Gasteiger partial charge in [0.05, 0.1) is 11.8 Å². The van der Waals surface area contributed by atoms with Gasteiger partial charge in [0.15, 0.2) is 5.82 Å². The molecule has 0 saturated heterocycles. The Labute approximate surface area is 138 Å². The molecule has 2 aromatic heterocycles. The molecular formula is C18H28N4O. The molecule has 0 fully saturated rings. The molecule has 0 aliphatic heterocycles. The lowest BCUT2D eigenvalue weighted by Crippen LogP contribution is -2.43. The first-order chi connectivity index (χ1) is 10.9. The third-order valence-electron chi connectivity index (χ3n) is 4.82. The van der Waals surface area contributed by atoms with Gasteiger partial charge < -0.3 is 10.4 Å². The molecule has 5 heteroatoms. The number of nitrogens with one attached hydrogen (secondary N) is 1. The number of nitrogens with zero attached hydrogens (tertiary/aromatic N) is 3. The molecule has 3 unspecified atom stereocenters. The smallest absolute Gasteiger partial charge is 0.153 e. The van der Waals surface area contributed by atoms with Crippen molar-refractivity contribution in [2.45, 2.75) is 52.7 Å². The summed E-state index contributed by atoms with van der Waals surface area (Å²) in [6.07, 6.45) is 4.60. The molecule has 2 N–H and O–H groups in total. The Bertz CT molecular complexity index is 621. The van der Waals surface area contributed by atoms with E-state index in [9.17, 15) is 5.11 Å². The van der Waals surface area contributed by atoms with Crippen molar-refractivity contribution in [1.29, 1.82) is 0 Å². The van der Waals surface area contributed by atoms with E-state index >= 15 is 0 Å². The number of aliphatic hydroxyl groups is 1. The maximum Gasteiger partial charge on any atom is 0.153 e. The molecule has 0 bridgehead atoms. The van der Waals surface area contributed by atoms with Crippen LogP contribution in [0.25, 0.3) is 5.82 Å². The van der Waals surface area contributed by atoms with Crippen LogP contribution in [0, 0.1) is 12.8 Å². The van der Waals surface area contributed by atoms with Crippen LogP contribution in [0.1, 0.15) is 51.4 Å². The van der Waals surface area contributed by atoms with E-state index in [2.05, 4.69) is 36.2 Å². The van der Waals surface area contributed by atoms with Gasteiger partial charge in [-0.05, 0) is 38.8 Å². The summed E-state index contributed by atoms with van der Waals surface area (Å²) in [5.41, 5.74) is 1.47. The minimum absolute atomic E-state index is 0.114. The van der Waals surface area contributed by atoms with Crippen molar-refractivity contribution in [3.63, 3.8) is 0 Å². The van der Waals surface area contributed by atoms with Crippen molar-refractivity contribution in [1.82, 2.24) is 20.1 Å². The van der Waals surface area contributed by atoms with Crippen LogP contribution in [-0.2, 0) is 0 Å². The molecule has 2 heterocycles. The molecule has 0 aromatic carbocycles. The van der Waals surface area contributed by atoms with E-state index in [4.69, 9.17) is 0 Å². The first-order valence-corrected chi connectivity index (χ1v) is 8.28. The summed E-state index contributed by atoms with van der Waals surface area (Å²) in [6, 6.07) is 5.90. The Morgan fingerprint density at radius 1 is 1.35 bits per heavy atom. The summed E-state index contributed by atoms with van der Waals surface area (Å²) >= 11 is 0. The van der Waals surface area contributed by atoms with Gasteiger partial charge in [-0.1, -0.05) is 26.3 Å². The van der Waals surface area contributed by atoms with Crippen LogP contribution in [-0.4, -0.2) is 32.0 Å². The van der Waals surface area contributed by atoms with Crippen molar-refractivity contribution in [2.75, 3.05) is 6.54 Å². The second kappa shape index (κ2) is 7.23. The average Bonchev–Trinajstić information content (AvgIpc) is 2.94. The molecule has 2 rings (SSSR count). The van der Waals surface area contributed by atoms with E-state index in [-0.39, 0.29) is 12.0 Å². The Kier molecular flexibility index (Phi) is 5.55. The molecule has 0 radical (unpaired) electrons. The van der Waals surface area contributed by atoms with Gasteiger partial charge in [-0.2, -0.15) is 5.10 Å². The standard InChI is InChI=1S/C18H28N4O/c1-6-13(2)18(5,23)12-20-14(3)16-11-21-22(15(16)4)17-9-7-8-10-19-17/h7-11,13-14,20,23H,6,12H2,1-5H3. The summed E-state index contributed by atoms with van der Waals surface area (Å²) in [4.78, 5) is 4.34. The molecule has 0 amide bonds. The lowest BCUT2D eigenvalue weighted by atomic mass is 9.88. The minimum atomic E-state index is -0.714. The highest BCUT2D eigenvalue weighted by molar-refractivity contribution is 5.29. The Hall–Kier alpha value is -1.72. The van der Waals surface area contributed by atoms with E-state index in [1.807, 2.05) is 42.9 Å². The second-order valence-electron chi connectivity index (χ2n) is 6.55. The van der Waals surface area contributed by atoms with Gasteiger partial charge >= 0.3 is 0 Å². The lowest BCUT2D eigenvalue weighted by molar-refractivity contribution is 0.00363. The average molecular weight is 316 g/mol. The summed E-state index contributed by atoms with van der Waals surface area (Å²) in [7, 11) is 0. The van der Waals surface area contributed by atoms with Gasteiger partial charge in [0.25, 0.3) is 0 Å². The first kappa shape index (κ1) is 17.6. The van der Waals surface area contributed by atoms with Crippen molar-refractivity contribution in [3.05, 3.63) is 41.9 Å². The number of hydrogen-bond donors (Lipinski definition) is 2. The fourth-order valence-corrected chi connectivity index (χ4v) is 2.64. The van der Waals surface area contributed by atoms with Crippen LogP contribution in [0.2, 0.25) is 0 Å². The van der Waals surface area contributed by atoms with Crippen LogP contribution < -0.4 is 5.32 Å². The van der Waals surface area contributed by atoms with Gasteiger partial charge in [-0.3, -0.25) is 0 Å². The van der Waals surface area contributed by atoms with Gasteiger partial charge in [-0.25, -0.2) is 9.67 Å². The maximum atomic E-state index is 10.5. The molecule has 0 saturated carbocycles. The molecule has 23 heavy (non-hydrogen) atoms. The predicted octanol–water partition coefficient (Wildman–Crippen LogP) is 3.02. The lowest BCUT2D eigenvalue weighted by Gasteiger charge is -2.31. The summed E-state index contributed by atoms with van der Waals surface area (Å²) in [6.45, 7) is 10.8. The maximum absolute atomic E-state index is 10.5. The number of rotatable bonds is 7. The summed E-state index contributed by atoms with van der Waals surface area (Å²) in [5.74, 6) is 1.06. The van der Waals surface area contributed by atoms with Gasteiger partial charge in [0.2, 0.25) is 0 Å². The molecule has 0 aliphatic carbocycles. The first-order valence-electron chi connectivity index (χ1n) is 8.28. The molecule has 2 aromatic rings. The summed E-state index contributed by atoms with van der Waals surface area (Å²) < 4.78 is 1.85. The van der Waals surface area contributed by atoms with Crippen LogP contribution >= 0.6 is 0 Å². The highest BCUT2D eigenvalue weighted by atomic mass is 16.3. The van der Waals surface area contributed by atoms with Crippen molar-refractivity contribution in [2.24, 2.45) is 5.92 Å². The normalized spacial score (nSPS) is 16.8. The van der Waals surface area contributed by atoms with E-state index in [0.29, 0.717) is 6.54 Å². The zero-order valence-corrected chi connectivity index (χ0v) is 14.7. The number of pyridine rings is 1. The predicted molar refractivity (Wildman–Crippen MR) is 92.6 cm³/mol. The second-order valence-corrected chi connectivity index (χ2v) is 6.55. The van der Waals surface area contributed by atoms with Gasteiger partial charge in [-0.15, -0.1) is 0 Å². The Morgan fingerprint density at radius 3 is 2.70 bits per heavy atom. The van der Waals surface area contributed by atoms with E-state index in [0.717, 1.165) is 23.5 Å². The van der Waals surface area contributed by atoms with Crippen LogP contribution in [0.5, 0.6) is 0 Å². The van der Waals surface area contributed by atoms with E-state index in [1.165, 1.54) is 0 Å². The van der Waals surface area contributed by atoms with Crippen LogP contribution in [0.15, 0.2) is 30.6 Å². The number of aromatic nitrogens is 3. The largest absolute Gasteiger partial charge is 0.389 e. The van der Waals surface area contributed by atoms with Crippen molar-refractivity contribution < 1.29 is 5.11 Å².